The zero-order valence-electron chi connectivity index (χ0n) is 14.8. The average Bonchev–Trinajstić information content (AvgIpc) is 2.53. The number of amides is 1. The highest BCUT2D eigenvalue weighted by Crippen LogP contribution is 2.25. The van der Waals surface area contributed by atoms with Crippen LogP contribution in [0.25, 0.3) is 0 Å². The first-order chi connectivity index (χ1) is 11.9. The van der Waals surface area contributed by atoms with Crippen molar-refractivity contribution in [2.75, 3.05) is 43.8 Å². The van der Waals surface area contributed by atoms with Gasteiger partial charge in [0.2, 0.25) is 10.0 Å². The van der Waals surface area contributed by atoms with E-state index in [4.69, 9.17) is 0 Å². The molecule has 1 heterocycles. The van der Waals surface area contributed by atoms with E-state index in [0.717, 1.165) is 10.6 Å². The smallest absolute Gasteiger partial charge is 0.336 e. The molecule has 1 amide bonds. The fourth-order valence-corrected chi connectivity index (χ4v) is 3.44. The minimum absolute atomic E-state index is 0.108. The van der Waals surface area contributed by atoms with Crippen LogP contribution in [0.15, 0.2) is 24.3 Å². The largest absolute Gasteiger partial charge is 0.401 e. The number of hydrogen-bond acceptors (Lipinski definition) is 4. The first-order valence-electron chi connectivity index (χ1n) is 8.03. The Kier molecular flexibility index (Phi) is 5.86. The molecule has 0 aliphatic carbocycles. The van der Waals surface area contributed by atoms with Crippen molar-refractivity contribution in [3.63, 3.8) is 0 Å². The minimum atomic E-state index is -4.29. The van der Waals surface area contributed by atoms with Gasteiger partial charge in [0.05, 0.1) is 24.1 Å². The summed E-state index contributed by atoms with van der Waals surface area (Å²) in [6.45, 7) is 1.03. The number of nitrogens with zero attached hydrogens (tertiary/aromatic N) is 3. The number of sulfonamides is 1. The molecule has 0 radical (unpaired) electrons. The van der Waals surface area contributed by atoms with Gasteiger partial charge in [0.1, 0.15) is 0 Å². The van der Waals surface area contributed by atoms with E-state index in [1.165, 1.54) is 29.0 Å². The lowest BCUT2D eigenvalue weighted by Gasteiger charge is -2.40. The molecule has 6 nitrogen and oxygen atoms in total. The van der Waals surface area contributed by atoms with Crippen LogP contribution in [0.4, 0.5) is 18.9 Å². The van der Waals surface area contributed by atoms with Crippen LogP contribution in [0.3, 0.4) is 0 Å². The summed E-state index contributed by atoms with van der Waals surface area (Å²) in [5.41, 5.74) is 0.447. The Bertz CT molecular complexity index is 767. The molecule has 1 saturated heterocycles. The third-order valence-electron chi connectivity index (χ3n) is 4.41. The van der Waals surface area contributed by atoms with E-state index in [2.05, 4.69) is 0 Å². The topological polar surface area (TPSA) is 60.9 Å². The highest BCUT2D eigenvalue weighted by atomic mass is 32.2. The maximum atomic E-state index is 12.9. The lowest BCUT2D eigenvalue weighted by Crippen LogP contribution is -2.55. The summed E-state index contributed by atoms with van der Waals surface area (Å²) in [5.74, 6) is -0.394. The average molecular weight is 393 g/mol. The molecule has 0 saturated carbocycles. The monoisotopic (exact) mass is 393 g/mol. The maximum Gasteiger partial charge on any atom is 0.401 e. The zero-order chi connectivity index (χ0) is 19.7. The number of hydrogen-bond donors (Lipinski definition) is 0. The van der Waals surface area contributed by atoms with Gasteiger partial charge < -0.3 is 4.90 Å². The molecule has 0 bridgehead atoms. The molecule has 0 N–H and O–H groups in total. The number of anilines is 1. The van der Waals surface area contributed by atoms with E-state index < -0.39 is 34.7 Å². The van der Waals surface area contributed by atoms with Gasteiger partial charge in [0, 0.05) is 32.7 Å². The van der Waals surface area contributed by atoms with Crippen LogP contribution in [0.1, 0.15) is 17.3 Å². The highest BCUT2D eigenvalue weighted by molar-refractivity contribution is 7.92. The molecule has 1 atom stereocenters. The van der Waals surface area contributed by atoms with Crippen LogP contribution >= 0.6 is 0 Å². The number of halogens is 3. The molecule has 146 valence electrons. The van der Waals surface area contributed by atoms with E-state index in [-0.39, 0.29) is 30.9 Å². The van der Waals surface area contributed by atoms with Crippen molar-refractivity contribution in [2.45, 2.75) is 19.1 Å². The number of rotatable bonds is 4. The lowest BCUT2D eigenvalue weighted by atomic mass is 10.1. The van der Waals surface area contributed by atoms with E-state index >= 15 is 0 Å². The molecule has 1 aromatic carbocycles. The number of carbonyl (C=O) groups is 1. The second kappa shape index (κ2) is 7.43. The van der Waals surface area contributed by atoms with Crippen LogP contribution in [-0.2, 0) is 10.0 Å². The Morgan fingerprint density at radius 3 is 2.42 bits per heavy atom. The number of piperazine rings is 1. The van der Waals surface area contributed by atoms with Gasteiger partial charge in [-0.1, -0.05) is 12.1 Å². The fraction of sp³-hybridized carbons (Fsp3) is 0.562. The van der Waals surface area contributed by atoms with Gasteiger partial charge >= 0.3 is 6.18 Å². The fourth-order valence-electron chi connectivity index (χ4n) is 2.92. The van der Waals surface area contributed by atoms with Crippen LogP contribution < -0.4 is 4.31 Å². The van der Waals surface area contributed by atoms with Gasteiger partial charge in [-0.3, -0.25) is 14.0 Å². The van der Waals surface area contributed by atoms with Crippen molar-refractivity contribution >= 4 is 21.6 Å². The molecule has 1 fully saturated rings. The van der Waals surface area contributed by atoms with Crippen molar-refractivity contribution in [1.29, 1.82) is 0 Å². The highest BCUT2D eigenvalue weighted by Gasteiger charge is 2.36. The summed E-state index contributed by atoms with van der Waals surface area (Å²) in [5, 5.41) is 0. The Morgan fingerprint density at radius 2 is 1.88 bits per heavy atom. The predicted molar refractivity (Wildman–Crippen MR) is 92.7 cm³/mol. The molecule has 1 aliphatic rings. The minimum Gasteiger partial charge on any atom is -0.336 e. The third-order valence-corrected chi connectivity index (χ3v) is 5.60. The first kappa shape index (κ1) is 20.5. The Labute approximate surface area is 151 Å². The summed E-state index contributed by atoms with van der Waals surface area (Å²) < 4.78 is 62.4. The van der Waals surface area contributed by atoms with Crippen molar-refractivity contribution in [2.24, 2.45) is 0 Å². The van der Waals surface area contributed by atoms with Crippen LogP contribution in [0, 0.1) is 0 Å². The van der Waals surface area contributed by atoms with Gasteiger partial charge in [-0.15, -0.1) is 0 Å². The summed E-state index contributed by atoms with van der Waals surface area (Å²) in [7, 11) is -2.20. The molecule has 0 aromatic heterocycles. The molecule has 1 unspecified atom stereocenters. The van der Waals surface area contributed by atoms with Gasteiger partial charge in [0.25, 0.3) is 5.91 Å². The second-order valence-corrected chi connectivity index (χ2v) is 8.45. The van der Waals surface area contributed by atoms with Gasteiger partial charge in [-0.25, -0.2) is 8.42 Å². The molecule has 0 spiro atoms. The zero-order valence-corrected chi connectivity index (χ0v) is 15.6. The van der Waals surface area contributed by atoms with Gasteiger partial charge in [-0.05, 0) is 19.1 Å². The van der Waals surface area contributed by atoms with E-state index in [1.807, 2.05) is 0 Å². The molecular weight excluding hydrogens is 371 g/mol. The molecule has 10 heteroatoms. The van der Waals surface area contributed by atoms with Gasteiger partial charge in [-0.2, -0.15) is 13.2 Å². The Morgan fingerprint density at radius 1 is 1.27 bits per heavy atom. The quantitative estimate of drug-likeness (QED) is 0.783. The van der Waals surface area contributed by atoms with Crippen molar-refractivity contribution in [1.82, 2.24) is 9.80 Å². The van der Waals surface area contributed by atoms with Crippen molar-refractivity contribution in [3.8, 4) is 0 Å². The third kappa shape index (κ3) is 4.88. The van der Waals surface area contributed by atoms with Crippen molar-refractivity contribution < 1.29 is 26.4 Å². The number of carbonyl (C=O) groups excluding carboxylic acids is 1. The summed E-state index contributed by atoms with van der Waals surface area (Å²) in [6.07, 6.45) is -3.25. The molecule has 1 aromatic rings. The van der Waals surface area contributed by atoms with Gasteiger partial charge in [0.15, 0.2) is 0 Å². The number of benzene rings is 1. The SMILES string of the molecule is CC1CN(C(=O)c2ccccc2N(C)S(C)(=O)=O)CCN1CC(F)(F)F. The number of alkyl halides is 3. The van der Waals surface area contributed by atoms with Crippen LogP contribution in [0.2, 0.25) is 0 Å². The first-order valence-corrected chi connectivity index (χ1v) is 9.88. The maximum absolute atomic E-state index is 12.9. The number of para-hydroxylation sites is 1. The second-order valence-electron chi connectivity index (χ2n) is 6.43. The molecule has 26 heavy (non-hydrogen) atoms. The summed E-state index contributed by atoms with van der Waals surface area (Å²) in [4.78, 5) is 15.6. The standard InChI is InChI=1S/C16H22F3N3O3S/c1-12-10-21(8-9-22(12)11-16(17,18)19)15(23)13-6-4-5-7-14(13)20(2)26(3,24)25/h4-7,12H,8-11H2,1-3H3. The van der Waals surface area contributed by atoms with Crippen molar-refractivity contribution in [3.05, 3.63) is 29.8 Å². The summed E-state index contributed by atoms with van der Waals surface area (Å²) in [6, 6.07) is 5.84. The van der Waals surface area contributed by atoms with Crippen LogP contribution in [0.5, 0.6) is 0 Å². The van der Waals surface area contributed by atoms with E-state index in [1.54, 1.807) is 19.1 Å². The van der Waals surface area contributed by atoms with Crippen LogP contribution in [-0.4, -0.2) is 75.8 Å². The molecule has 2 rings (SSSR count). The predicted octanol–water partition coefficient (Wildman–Crippen LogP) is 1.79. The lowest BCUT2D eigenvalue weighted by molar-refractivity contribution is -0.153. The van der Waals surface area contributed by atoms with E-state index in [9.17, 15) is 26.4 Å². The van der Waals surface area contributed by atoms with E-state index in [0.29, 0.717) is 0 Å². The molecule has 1 aliphatic heterocycles. The molecular formula is C16H22F3N3O3S. The Hall–Kier alpha value is -1.81. The summed E-state index contributed by atoms with van der Waals surface area (Å²) >= 11 is 0. The Balaban J connectivity index is 2.19. The normalized spacial score (nSPS) is 19.5.